The number of fused-ring (bicyclic) bond motifs is 1. The van der Waals surface area contributed by atoms with Crippen molar-refractivity contribution in [2.75, 3.05) is 13.1 Å². The Hall–Kier alpha value is -2.34. The topological polar surface area (TPSA) is 29.5 Å². The summed E-state index contributed by atoms with van der Waals surface area (Å²) in [7, 11) is 0. The number of carbonyl (C=O) groups is 1. The van der Waals surface area contributed by atoms with Crippen molar-refractivity contribution < 1.29 is 22.7 Å². The molecule has 0 saturated carbocycles. The maximum atomic E-state index is 12.7. The van der Waals surface area contributed by atoms with E-state index in [0.717, 1.165) is 43.6 Å². The summed E-state index contributed by atoms with van der Waals surface area (Å²) in [5, 5.41) is 0. The van der Waals surface area contributed by atoms with Crippen LogP contribution in [0.2, 0.25) is 0 Å². The van der Waals surface area contributed by atoms with Crippen LogP contribution in [0.1, 0.15) is 40.7 Å². The van der Waals surface area contributed by atoms with Gasteiger partial charge in [0.15, 0.2) is 5.78 Å². The zero-order valence-corrected chi connectivity index (χ0v) is 14.8. The van der Waals surface area contributed by atoms with Crippen LogP contribution in [0.4, 0.5) is 13.2 Å². The Morgan fingerprint density at radius 2 is 1.67 bits per heavy atom. The molecule has 2 aliphatic heterocycles. The van der Waals surface area contributed by atoms with Crippen LogP contribution in [-0.2, 0) is 12.7 Å². The summed E-state index contributed by atoms with van der Waals surface area (Å²) in [5.74, 6) is 0.776. The molecule has 1 spiro atoms. The molecule has 2 heterocycles. The molecule has 3 nitrogen and oxygen atoms in total. The van der Waals surface area contributed by atoms with Gasteiger partial charge in [-0.3, -0.25) is 9.69 Å². The molecule has 2 aromatic carbocycles. The molecule has 1 saturated heterocycles. The molecule has 0 bridgehead atoms. The van der Waals surface area contributed by atoms with Gasteiger partial charge >= 0.3 is 6.18 Å². The minimum absolute atomic E-state index is 0.119. The van der Waals surface area contributed by atoms with E-state index in [1.54, 1.807) is 6.07 Å². The fourth-order valence-electron chi connectivity index (χ4n) is 3.90. The Labute approximate surface area is 155 Å². The van der Waals surface area contributed by atoms with Crippen molar-refractivity contribution in [2.24, 2.45) is 0 Å². The Morgan fingerprint density at radius 1 is 1.00 bits per heavy atom. The first kappa shape index (κ1) is 18.0. The highest BCUT2D eigenvalue weighted by Gasteiger charge is 2.42. The standard InChI is InChI=1S/C21H20F3NO2/c22-21(23,24)16-7-5-15(6-8-16)14-25-11-9-20(10-12-25)13-18(26)17-3-1-2-4-19(17)27-20/h1-8H,9-14H2. The van der Waals surface area contributed by atoms with E-state index in [1.807, 2.05) is 18.2 Å². The van der Waals surface area contributed by atoms with Gasteiger partial charge in [-0.1, -0.05) is 24.3 Å². The molecular formula is C21H20F3NO2. The number of benzene rings is 2. The zero-order chi connectivity index (χ0) is 19.1. The molecular weight excluding hydrogens is 355 g/mol. The maximum absolute atomic E-state index is 12.7. The van der Waals surface area contributed by atoms with Crippen LogP contribution in [0.15, 0.2) is 48.5 Å². The van der Waals surface area contributed by atoms with Crippen molar-refractivity contribution in [3.8, 4) is 5.75 Å². The van der Waals surface area contributed by atoms with Gasteiger partial charge in [-0.15, -0.1) is 0 Å². The Balaban J connectivity index is 1.39. The lowest BCUT2D eigenvalue weighted by molar-refractivity contribution is -0.137. The Morgan fingerprint density at radius 3 is 2.33 bits per heavy atom. The SMILES string of the molecule is O=C1CC2(CCN(Cc3ccc(C(F)(F)F)cc3)CC2)Oc2ccccc21. The van der Waals surface area contributed by atoms with E-state index in [4.69, 9.17) is 4.74 Å². The van der Waals surface area contributed by atoms with E-state index in [9.17, 15) is 18.0 Å². The number of hydrogen-bond donors (Lipinski definition) is 0. The third-order valence-corrected chi connectivity index (χ3v) is 5.45. The van der Waals surface area contributed by atoms with Crippen LogP contribution in [0, 0.1) is 0 Å². The highest BCUT2D eigenvalue weighted by atomic mass is 19.4. The van der Waals surface area contributed by atoms with Gasteiger partial charge < -0.3 is 4.74 Å². The van der Waals surface area contributed by atoms with Crippen LogP contribution in [-0.4, -0.2) is 29.4 Å². The minimum atomic E-state index is -4.31. The zero-order valence-electron chi connectivity index (χ0n) is 14.8. The first-order chi connectivity index (χ1) is 12.8. The van der Waals surface area contributed by atoms with E-state index in [0.29, 0.717) is 24.3 Å². The number of Topliss-reactive ketones (excluding diaryl/α,β-unsaturated/α-hetero) is 1. The molecule has 6 heteroatoms. The average molecular weight is 375 g/mol. The Kier molecular flexibility index (Phi) is 4.46. The predicted octanol–water partition coefficient (Wildman–Crippen LogP) is 4.71. The molecule has 0 aliphatic carbocycles. The highest BCUT2D eigenvalue weighted by Crippen LogP contribution is 2.39. The van der Waals surface area contributed by atoms with Crippen molar-refractivity contribution in [1.82, 2.24) is 4.90 Å². The van der Waals surface area contributed by atoms with E-state index >= 15 is 0 Å². The van der Waals surface area contributed by atoms with Gasteiger partial charge in [0.25, 0.3) is 0 Å². The first-order valence-electron chi connectivity index (χ1n) is 9.04. The molecule has 0 N–H and O–H groups in total. The number of ketones is 1. The first-order valence-corrected chi connectivity index (χ1v) is 9.04. The van der Waals surface area contributed by atoms with Crippen LogP contribution < -0.4 is 4.74 Å². The van der Waals surface area contributed by atoms with Crippen molar-refractivity contribution in [3.63, 3.8) is 0 Å². The quantitative estimate of drug-likeness (QED) is 0.762. The molecule has 27 heavy (non-hydrogen) atoms. The molecule has 2 aromatic rings. The number of alkyl halides is 3. The molecule has 0 amide bonds. The summed E-state index contributed by atoms with van der Waals surface area (Å²) >= 11 is 0. The minimum Gasteiger partial charge on any atom is -0.486 e. The van der Waals surface area contributed by atoms with Gasteiger partial charge in [0.2, 0.25) is 0 Å². The lowest BCUT2D eigenvalue weighted by Crippen LogP contribution is -2.50. The van der Waals surface area contributed by atoms with Crippen molar-refractivity contribution in [1.29, 1.82) is 0 Å². The van der Waals surface area contributed by atoms with Crippen molar-refractivity contribution in [3.05, 3.63) is 65.2 Å². The molecule has 4 rings (SSSR count). The number of rotatable bonds is 2. The number of nitrogens with zero attached hydrogens (tertiary/aromatic N) is 1. The van der Waals surface area contributed by atoms with Gasteiger partial charge in [0.1, 0.15) is 11.4 Å². The molecule has 1 fully saturated rings. The summed E-state index contributed by atoms with van der Waals surface area (Å²) in [4.78, 5) is 14.7. The third-order valence-electron chi connectivity index (χ3n) is 5.45. The fourth-order valence-corrected chi connectivity index (χ4v) is 3.90. The molecule has 0 unspecified atom stereocenters. The second-order valence-corrected chi connectivity index (χ2v) is 7.35. The summed E-state index contributed by atoms with van der Waals surface area (Å²) in [5.41, 5.74) is 0.416. The maximum Gasteiger partial charge on any atom is 0.416 e. The number of likely N-dealkylation sites (tertiary alicyclic amines) is 1. The van der Waals surface area contributed by atoms with Gasteiger partial charge in [-0.05, 0) is 29.8 Å². The molecule has 142 valence electrons. The van der Waals surface area contributed by atoms with E-state index in [-0.39, 0.29) is 5.78 Å². The van der Waals surface area contributed by atoms with E-state index < -0.39 is 17.3 Å². The monoisotopic (exact) mass is 375 g/mol. The summed E-state index contributed by atoms with van der Waals surface area (Å²) in [6, 6.07) is 12.7. The largest absolute Gasteiger partial charge is 0.486 e. The fraction of sp³-hybridized carbons (Fsp3) is 0.381. The molecule has 2 aliphatic rings. The number of carbonyl (C=O) groups excluding carboxylic acids is 1. The van der Waals surface area contributed by atoms with Gasteiger partial charge in [0.05, 0.1) is 17.5 Å². The van der Waals surface area contributed by atoms with E-state index in [2.05, 4.69) is 4.90 Å². The van der Waals surface area contributed by atoms with Crippen molar-refractivity contribution in [2.45, 2.75) is 37.6 Å². The third kappa shape index (κ3) is 3.72. The van der Waals surface area contributed by atoms with Gasteiger partial charge in [-0.25, -0.2) is 0 Å². The van der Waals surface area contributed by atoms with Gasteiger partial charge in [-0.2, -0.15) is 13.2 Å². The van der Waals surface area contributed by atoms with Crippen LogP contribution >= 0.6 is 0 Å². The Bertz CT molecular complexity index is 837. The average Bonchev–Trinajstić information content (AvgIpc) is 2.64. The van der Waals surface area contributed by atoms with Gasteiger partial charge in [0, 0.05) is 32.5 Å². The van der Waals surface area contributed by atoms with E-state index in [1.165, 1.54) is 12.1 Å². The lowest BCUT2D eigenvalue weighted by Gasteiger charge is -2.44. The number of piperidine rings is 1. The van der Waals surface area contributed by atoms with Crippen LogP contribution in [0.5, 0.6) is 5.75 Å². The smallest absolute Gasteiger partial charge is 0.416 e. The predicted molar refractivity (Wildman–Crippen MR) is 94.7 cm³/mol. The van der Waals surface area contributed by atoms with Crippen LogP contribution in [0.25, 0.3) is 0 Å². The second kappa shape index (κ2) is 6.68. The second-order valence-electron chi connectivity index (χ2n) is 7.35. The highest BCUT2D eigenvalue weighted by molar-refractivity contribution is 6.00. The number of hydrogen-bond acceptors (Lipinski definition) is 3. The molecule has 0 aromatic heterocycles. The number of ether oxygens (including phenoxy) is 1. The molecule has 0 radical (unpaired) electrons. The number of halogens is 3. The summed E-state index contributed by atoms with van der Waals surface area (Å²) in [6.45, 7) is 2.09. The normalized spacial score (nSPS) is 19.6. The summed E-state index contributed by atoms with van der Waals surface area (Å²) in [6.07, 6.45) is -2.46. The summed E-state index contributed by atoms with van der Waals surface area (Å²) < 4.78 is 44.2. The van der Waals surface area contributed by atoms with Crippen molar-refractivity contribution >= 4 is 5.78 Å². The molecule has 0 atom stereocenters. The lowest BCUT2D eigenvalue weighted by atomic mass is 9.82. The number of para-hydroxylation sites is 1. The van der Waals surface area contributed by atoms with Crippen LogP contribution in [0.3, 0.4) is 0 Å².